The molecule has 6 heteroatoms. The molecule has 2 aromatic rings. The molecule has 2 aliphatic rings. The maximum absolute atomic E-state index is 12.7. The SMILES string of the molecule is COc1ccc(C(=O)CN2CCC(C3=c4ccccc4=NC3=O)CC2)cc1OC. The van der Waals surface area contributed by atoms with Crippen molar-refractivity contribution in [3.63, 3.8) is 0 Å². The van der Waals surface area contributed by atoms with Crippen LogP contribution in [0.4, 0.5) is 0 Å². The Bertz CT molecular complexity index is 1070. The fourth-order valence-electron chi connectivity index (χ4n) is 4.16. The fraction of sp³-hybridized carbons (Fsp3) is 0.348. The van der Waals surface area contributed by atoms with Crippen LogP contribution in [0.3, 0.4) is 0 Å². The van der Waals surface area contributed by atoms with Crippen molar-refractivity contribution >= 4 is 17.3 Å². The summed E-state index contributed by atoms with van der Waals surface area (Å²) in [5.74, 6) is 1.30. The first-order chi connectivity index (χ1) is 14.1. The Morgan fingerprint density at radius 3 is 2.52 bits per heavy atom. The molecule has 0 saturated carbocycles. The highest BCUT2D eigenvalue weighted by atomic mass is 16.5. The lowest BCUT2D eigenvalue weighted by atomic mass is 9.87. The van der Waals surface area contributed by atoms with Gasteiger partial charge in [0.25, 0.3) is 5.91 Å². The van der Waals surface area contributed by atoms with Gasteiger partial charge in [-0.25, -0.2) is 4.99 Å². The maximum Gasteiger partial charge on any atom is 0.274 e. The Morgan fingerprint density at radius 1 is 1.07 bits per heavy atom. The zero-order valence-electron chi connectivity index (χ0n) is 16.7. The Balaban J connectivity index is 1.42. The molecule has 4 rings (SSSR count). The van der Waals surface area contributed by atoms with Gasteiger partial charge in [-0.15, -0.1) is 0 Å². The van der Waals surface area contributed by atoms with E-state index in [4.69, 9.17) is 9.47 Å². The predicted molar refractivity (Wildman–Crippen MR) is 109 cm³/mol. The molecule has 2 aliphatic heterocycles. The number of amides is 1. The molecule has 0 unspecified atom stereocenters. The highest BCUT2D eigenvalue weighted by Gasteiger charge is 2.29. The first-order valence-electron chi connectivity index (χ1n) is 9.80. The summed E-state index contributed by atoms with van der Waals surface area (Å²) in [6.07, 6.45) is 1.70. The summed E-state index contributed by atoms with van der Waals surface area (Å²) >= 11 is 0. The zero-order chi connectivity index (χ0) is 20.4. The summed E-state index contributed by atoms with van der Waals surface area (Å²) in [5, 5.41) is 1.75. The van der Waals surface area contributed by atoms with E-state index in [1.807, 2.05) is 24.3 Å². The summed E-state index contributed by atoms with van der Waals surface area (Å²) in [6, 6.07) is 13.0. The summed E-state index contributed by atoms with van der Waals surface area (Å²) in [7, 11) is 3.13. The number of piperidine rings is 1. The van der Waals surface area contributed by atoms with E-state index in [1.54, 1.807) is 32.4 Å². The number of para-hydroxylation sites is 1. The van der Waals surface area contributed by atoms with Crippen LogP contribution in [0.15, 0.2) is 47.5 Å². The molecule has 0 radical (unpaired) electrons. The van der Waals surface area contributed by atoms with Crippen molar-refractivity contribution < 1.29 is 19.1 Å². The van der Waals surface area contributed by atoms with E-state index in [9.17, 15) is 9.59 Å². The summed E-state index contributed by atoms with van der Waals surface area (Å²) in [4.78, 5) is 31.4. The highest BCUT2D eigenvalue weighted by molar-refractivity contribution is 6.16. The first-order valence-corrected chi connectivity index (χ1v) is 9.80. The van der Waals surface area contributed by atoms with Gasteiger partial charge in [0.2, 0.25) is 0 Å². The second-order valence-corrected chi connectivity index (χ2v) is 7.39. The van der Waals surface area contributed by atoms with E-state index in [0.29, 0.717) is 23.6 Å². The second kappa shape index (κ2) is 8.17. The Kier molecular flexibility index (Phi) is 5.45. The van der Waals surface area contributed by atoms with Gasteiger partial charge >= 0.3 is 0 Å². The van der Waals surface area contributed by atoms with Gasteiger partial charge in [-0.05, 0) is 56.1 Å². The standard InChI is InChI=1S/C23H24N2O4/c1-28-20-8-7-16(13-21(20)29-2)19(26)14-25-11-9-15(10-12-25)22-17-5-3-4-6-18(17)24-23(22)27/h3-8,13,15H,9-12,14H2,1-2H3. The number of Topliss-reactive ketones (excluding diaryl/α,β-unsaturated/α-hetero) is 1. The molecular weight excluding hydrogens is 368 g/mol. The number of ketones is 1. The number of hydrogen-bond acceptors (Lipinski definition) is 5. The molecule has 0 spiro atoms. The van der Waals surface area contributed by atoms with Gasteiger partial charge < -0.3 is 9.47 Å². The third-order valence-corrected chi connectivity index (χ3v) is 5.72. The van der Waals surface area contributed by atoms with Crippen LogP contribution in [-0.2, 0) is 4.79 Å². The largest absolute Gasteiger partial charge is 0.493 e. The van der Waals surface area contributed by atoms with Gasteiger partial charge in [0.05, 0.1) is 26.1 Å². The number of methoxy groups -OCH3 is 2. The average molecular weight is 392 g/mol. The van der Waals surface area contributed by atoms with Gasteiger partial charge in [-0.1, -0.05) is 18.2 Å². The molecule has 0 aliphatic carbocycles. The van der Waals surface area contributed by atoms with Gasteiger partial charge in [0.1, 0.15) is 0 Å². The number of rotatable bonds is 6. The molecule has 6 nitrogen and oxygen atoms in total. The van der Waals surface area contributed by atoms with E-state index in [1.165, 1.54) is 0 Å². The van der Waals surface area contributed by atoms with Crippen LogP contribution in [0, 0.1) is 5.92 Å². The van der Waals surface area contributed by atoms with Crippen molar-refractivity contribution in [3.05, 3.63) is 58.6 Å². The second-order valence-electron chi connectivity index (χ2n) is 7.39. The molecule has 0 N–H and O–H groups in total. The number of benzene rings is 2. The molecule has 1 saturated heterocycles. The van der Waals surface area contributed by atoms with Crippen molar-refractivity contribution in [1.29, 1.82) is 0 Å². The lowest BCUT2D eigenvalue weighted by Gasteiger charge is -2.31. The number of likely N-dealkylation sites (tertiary alicyclic amines) is 1. The van der Waals surface area contributed by atoms with Crippen LogP contribution in [0.25, 0.3) is 5.57 Å². The third-order valence-electron chi connectivity index (χ3n) is 5.72. The fourth-order valence-corrected chi connectivity index (χ4v) is 4.16. The number of fused-ring (bicyclic) bond motifs is 1. The van der Waals surface area contributed by atoms with Crippen LogP contribution < -0.4 is 20.0 Å². The maximum atomic E-state index is 12.7. The van der Waals surface area contributed by atoms with Crippen molar-refractivity contribution in [2.75, 3.05) is 33.9 Å². The molecule has 2 heterocycles. The molecule has 0 bridgehead atoms. The van der Waals surface area contributed by atoms with Crippen LogP contribution in [0.1, 0.15) is 23.2 Å². The molecule has 1 fully saturated rings. The van der Waals surface area contributed by atoms with Crippen molar-refractivity contribution in [1.82, 2.24) is 4.90 Å². The molecule has 0 atom stereocenters. The van der Waals surface area contributed by atoms with Gasteiger partial charge in [0, 0.05) is 16.4 Å². The van der Waals surface area contributed by atoms with Gasteiger partial charge in [0.15, 0.2) is 17.3 Å². The minimum atomic E-state index is -0.106. The van der Waals surface area contributed by atoms with Crippen molar-refractivity contribution in [3.8, 4) is 11.5 Å². The Labute approximate surface area is 169 Å². The van der Waals surface area contributed by atoms with Gasteiger partial charge in [-0.2, -0.15) is 0 Å². The number of ether oxygens (including phenoxy) is 2. The number of carbonyl (C=O) groups excluding carboxylic acids is 2. The summed E-state index contributed by atoms with van der Waals surface area (Å²) < 4.78 is 10.5. The molecule has 29 heavy (non-hydrogen) atoms. The van der Waals surface area contributed by atoms with Crippen molar-refractivity contribution in [2.45, 2.75) is 12.8 Å². The highest BCUT2D eigenvalue weighted by Crippen LogP contribution is 2.29. The molecule has 0 aromatic heterocycles. The Hall–Kier alpha value is -2.99. The van der Waals surface area contributed by atoms with E-state index >= 15 is 0 Å². The lowest BCUT2D eigenvalue weighted by molar-refractivity contribution is -0.113. The van der Waals surface area contributed by atoms with E-state index in [2.05, 4.69) is 9.89 Å². The van der Waals surface area contributed by atoms with Crippen molar-refractivity contribution in [2.24, 2.45) is 10.9 Å². The van der Waals surface area contributed by atoms with Crippen LogP contribution in [0.5, 0.6) is 11.5 Å². The predicted octanol–water partition coefficient (Wildman–Crippen LogP) is 1.61. The monoisotopic (exact) mass is 392 g/mol. The number of hydrogen-bond donors (Lipinski definition) is 0. The lowest BCUT2D eigenvalue weighted by Crippen LogP contribution is -2.39. The minimum Gasteiger partial charge on any atom is -0.493 e. The Morgan fingerprint density at radius 2 is 1.79 bits per heavy atom. The topological polar surface area (TPSA) is 68.2 Å². The normalized spacial score (nSPS) is 17.0. The van der Waals surface area contributed by atoms with Crippen LogP contribution in [-0.4, -0.2) is 50.4 Å². The van der Waals surface area contributed by atoms with Crippen LogP contribution in [0.2, 0.25) is 0 Å². The minimum absolute atomic E-state index is 0.0503. The van der Waals surface area contributed by atoms with E-state index in [0.717, 1.165) is 42.1 Å². The number of carbonyl (C=O) groups is 2. The number of nitrogens with zero attached hydrogens (tertiary/aromatic N) is 2. The average Bonchev–Trinajstić information content (AvgIpc) is 3.09. The molecule has 2 aromatic carbocycles. The molecular formula is C23H24N2O4. The summed E-state index contributed by atoms with van der Waals surface area (Å²) in [5.41, 5.74) is 1.45. The van der Waals surface area contributed by atoms with E-state index in [-0.39, 0.29) is 17.6 Å². The van der Waals surface area contributed by atoms with E-state index < -0.39 is 0 Å². The quantitative estimate of drug-likeness (QED) is 0.699. The smallest absolute Gasteiger partial charge is 0.274 e. The zero-order valence-corrected chi connectivity index (χ0v) is 16.7. The third kappa shape index (κ3) is 3.80. The van der Waals surface area contributed by atoms with Crippen LogP contribution >= 0.6 is 0 Å². The molecule has 150 valence electrons. The molecule has 1 amide bonds. The summed E-state index contributed by atoms with van der Waals surface area (Å²) in [6.45, 7) is 1.91. The van der Waals surface area contributed by atoms with Gasteiger partial charge in [-0.3, -0.25) is 14.5 Å². The first kappa shape index (κ1) is 19.3.